The summed E-state index contributed by atoms with van der Waals surface area (Å²) in [6.07, 6.45) is 8.81. The van der Waals surface area contributed by atoms with Crippen LogP contribution >= 0.6 is 35.2 Å². The number of aromatic nitrogens is 4. The summed E-state index contributed by atoms with van der Waals surface area (Å²) in [5, 5.41) is 36.6. The third-order valence-corrected chi connectivity index (χ3v) is 14.8. The molecule has 390 valence electrons. The van der Waals surface area contributed by atoms with E-state index >= 15 is 0 Å². The Morgan fingerprint density at radius 1 is 0.882 bits per heavy atom. The molecule has 68 heavy (non-hydrogen) atoms. The average molecular weight is 1050 g/mol. The number of carbonyl (C=O) groups excluding carboxylic acids is 3. The van der Waals surface area contributed by atoms with E-state index in [0.29, 0.717) is 6.42 Å². The number of nitrogens with zero attached hydrogens (tertiary/aromatic N) is 4. The summed E-state index contributed by atoms with van der Waals surface area (Å²) >= 11 is 1.00. The molecule has 1 aliphatic heterocycles. The Balaban J connectivity index is 1.31. The monoisotopic (exact) mass is 1050 g/mol. The van der Waals surface area contributed by atoms with E-state index in [9.17, 15) is 63.0 Å². The lowest BCUT2D eigenvalue weighted by Gasteiger charge is -2.30. The molecule has 0 saturated carbocycles. The van der Waals surface area contributed by atoms with Gasteiger partial charge in [-0.05, 0) is 6.42 Å². The van der Waals surface area contributed by atoms with Crippen molar-refractivity contribution in [3.05, 3.63) is 12.7 Å². The van der Waals surface area contributed by atoms with Crippen LogP contribution in [-0.4, -0.2) is 134 Å². The molecule has 3 rings (SSSR count). The van der Waals surface area contributed by atoms with Crippen LogP contribution in [0.2, 0.25) is 0 Å². The van der Waals surface area contributed by atoms with E-state index in [-0.39, 0.29) is 53.8 Å². The summed E-state index contributed by atoms with van der Waals surface area (Å²) in [7, 11) is -16.4. The number of thioether (sulfide) groups is 1. The molecule has 1 saturated heterocycles. The maximum Gasteiger partial charge on any atom is 0.481 e. The summed E-state index contributed by atoms with van der Waals surface area (Å²) in [5.41, 5.74) is 4.26. The first kappa shape index (κ1) is 59.8. The van der Waals surface area contributed by atoms with Crippen LogP contribution in [0, 0.1) is 5.41 Å². The van der Waals surface area contributed by atoms with Gasteiger partial charge >= 0.3 is 23.5 Å². The predicted octanol–water partition coefficient (Wildman–Crippen LogP) is 3.90. The highest BCUT2D eigenvalue weighted by Gasteiger charge is 2.50. The molecular weight excluding hydrogens is 979 g/mol. The van der Waals surface area contributed by atoms with Crippen molar-refractivity contribution >= 4 is 69.1 Å². The van der Waals surface area contributed by atoms with Crippen molar-refractivity contribution in [3.8, 4) is 0 Å². The fourth-order valence-corrected chi connectivity index (χ4v) is 10.6. The lowest BCUT2D eigenvalue weighted by atomic mass is 9.87. The predicted molar refractivity (Wildman–Crippen MR) is 248 cm³/mol. The number of aliphatic hydroxyl groups is 3. The first-order chi connectivity index (χ1) is 31.9. The van der Waals surface area contributed by atoms with E-state index in [1.807, 2.05) is 0 Å². The molecule has 3 heterocycles. The van der Waals surface area contributed by atoms with Crippen LogP contribution < -0.4 is 16.4 Å². The maximum absolute atomic E-state index is 12.7. The summed E-state index contributed by atoms with van der Waals surface area (Å²) in [5.74, 6) is -1.21. The van der Waals surface area contributed by atoms with E-state index < -0.39 is 90.7 Å². The van der Waals surface area contributed by atoms with Crippen molar-refractivity contribution < 1.29 is 85.6 Å². The number of carbonyl (C=O) groups is 3. The van der Waals surface area contributed by atoms with E-state index in [1.54, 1.807) is 0 Å². The number of hydrogen-bond acceptors (Lipinski definition) is 19. The molecule has 29 heteroatoms. The smallest absolute Gasteiger partial charge is 0.393 e. The van der Waals surface area contributed by atoms with Crippen LogP contribution in [0.5, 0.6) is 0 Å². The van der Waals surface area contributed by atoms with Crippen LogP contribution in [0.15, 0.2) is 12.7 Å². The molecular formula is C39H70N7O18P3S. The number of ether oxygens (including phenoxy) is 1. The van der Waals surface area contributed by atoms with Gasteiger partial charge in [0.2, 0.25) is 11.8 Å². The minimum Gasteiger partial charge on any atom is -0.393 e. The number of phosphoric acid groups is 3. The van der Waals surface area contributed by atoms with Gasteiger partial charge in [0.05, 0.1) is 25.6 Å². The molecule has 11 N–H and O–H groups in total. The number of fused-ring (bicyclic) bond motifs is 1. The van der Waals surface area contributed by atoms with Crippen LogP contribution in [-0.2, 0) is 50.7 Å². The van der Waals surface area contributed by atoms with Gasteiger partial charge in [0.1, 0.15) is 36.3 Å². The molecule has 0 bridgehead atoms. The second kappa shape index (κ2) is 29.1. The molecule has 2 aromatic heterocycles. The standard InChI is InChI=1S/C39H70N7O18P3S/c1-4-5-6-7-8-9-10-11-12-13-14-15-16-17-27(47)22-30(49)68-21-20-41-29(48)18-19-42-37(52)34(51)39(2,3)24-61-67(58,59)64-66(56,57)60-23-28-33(63-65(53,54)55)32(50)38(62-28)46-26-45-31-35(40)43-25-44-36(31)46/h25-28,32-34,38,47,50-51H,4-24H2,1-3H3,(H,41,48)(H,42,52)(H,56,57)(H,58,59)(H2,40,43,44)(H2,53,54,55)/t27-,28-,32+,33+,34?,38-/m1/s1. The number of imidazole rings is 1. The van der Waals surface area contributed by atoms with Crippen molar-refractivity contribution in [1.29, 1.82) is 0 Å². The number of amides is 2. The van der Waals surface area contributed by atoms with E-state index in [2.05, 4.69) is 41.3 Å². The number of nitrogens with two attached hydrogens (primary N) is 1. The fraction of sp³-hybridized carbons (Fsp3) is 0.795. The molecule has 8 atom stereocenters. The van der Waals surface area contributed by atoms with Crippen molar-refractivity contribution in [1.82, 2.24) is 30.2 Å². The van der Waals surface area contributed by atoms with Gasteiger partial charge in [0.15, 0.2) is 22.8 Å². The number of aliphatic hydroxyl groups excluding tert-OH is 3. The first-order valence-electron chi connectivity index (χ1n) is 22.7. The van der Waals surface area contributed by atoms with Gasteiger partial charge in [0, 0.05) is 37.1 Å². The highest BCUT2D eigenvalue weighted by molar-refractivity contribution is 8.13. The number of rotatable bonds is 35. The van der Waals surface area contributed by atoms with Crippen LogP contribution in [0.25, 0.3) is 11.2 Å². The largest absolute Gasteiger partial charge is 0.481 e. The number of phosphoric ester groups is 3. The molecule has 2 amide bonds. The van der Waals surface area contributed by atoms with Gasteiger partial charge in [-0.25, -0.2) is 28.6 Å². The molecule has 3 unspecified atom stereocenters. The summed E-state index contributed by atoms with van der Waals surface area (Å²) in [4.78, 5) is 88.4. The Bertz CT molecular complexity index is 2030. The molecule has 0 aromatic carbocycles. The van der Waals surface area contributed by atoms with Gasteiger partial charge in [-0.15, -0.1) is 0 Å². The van der Waals surface area contributed by atoms with Gasteiger partial charge < -0.3 is 56.0 Å². The molecule has 1 fully saturated rings. The third-order valence-electron chi connectivity index (χ3n) is 10.8. The molecule has 25 nitrogen and oxygen atoms in total. The zero-order chi connectivity index (χ0) is 50.5. The van der Waals surface area contributed by atoms with Crippen LogP contribution in [0.1, 0.15) is 130 Å². The number of unbranched alkanes of at least 4 members (excludes halogenated alkanes) is 12. The zero-order valence-corrected chi connectivity index (χ0v) is 42.2. The second-order valence-corrected chi connectivity index (χ2v) is 22.6. The Kier molecular flexibility index (Phi) is 25.6. The summed E-state index contributed by atoms with van der Waals surface area (Å²) in [6, 6.07) is 0. The van der Waals surface area contributed by atoms with Crippen molar-refractivity contribution in [3.63, 3.8) is 0 Å². The highest BCUT2D eigenvalue weighted by atomic mass is 32.2. The Morgan fingerprint density at radius 3 is 2.10 bits per heavy atom. The minimum atomic E-state index is -5.59. The molecule has 2 aromatic rings. The van der Waals surface area contributed by atoms with Crippen molar-refractivity contribution in [2.24, 2.45) is 5.41 Å². The van der Waals surface area contributed by atoms with Crippen LogP contribution in [0.4, 0.5) is 5.82 Å². The maximum atomic E-state index is 12.7. The topological polar surface area (TPSA) is 384 Å². The lowest BCUT2D eigenvalue weighted by molar-refractivity contribution is -0.137. The lowest BCUT2D eigenvalue weighted by Crippen LogP contribution is -2.46. The quantitative estimate of drug-likeness (QED) is 0.0346. The summed E-state index contributed by atoms with van der Waals surface area (Å²) in [6.45, 7) is 2.63. The van der Waals surface area contributed by atoms with E-state index in [0.717, 1.165) is 48.2 Å². The average Bonchev–Trinajstić information content (AvgIpc) is 3.82. The number of nitrogens with one attached hydrogen (secondary N) is 2. The first-order valence-corrected chi connectivity index (χ1v) is 28.2. The molecule has 1 aliphatic rings. The van der Waals surface area contributed by atoms with Crippen LogP contribution in [0.3, 0.4) is 0 Å². The van der Waals surface area contributed by atoms with E-state index in [4.69, 9.17) is 19.5 Å². The highest BCUT2D eigenvalue weighted by Crippen LogP contribution is 2.61. The number of anilines is 1. The molecule has 0 radical (unpaired) electrons. The van der Waals surface area contributed by atoms with E-state index in [1.165, 1.54) is 78.1 Å². The zero-order valence-electron chi connectivity index (χ0n) is 38.7. The van der Waals surface area contributed by atoms with Gasteiger partial charge in [0.25, 0.3) is 0 Å². The third kappa shape index (κ3) is 21.9. The SMILES string of the molecule is CCCCCCCCCCCCCCC[C@@H](O)CC(=O)SCCNC(=O)CCNC(=O)C(O)C(C)(C)COP(=O)(O)OP(=O)(O)OC[C@H]1O[C@@H](n2cnc3c(N)ncnc32)[C@@H](O)[C@H]1OP(=O)(O)O. The normalized spacial score (nSPS) is 20.4. The Labute approximate surface area is 399 Å². The molecule has 0 aliphatic carbocycles. The van der Waals surface area contributed by atoms with Gasteiger partial charge in [-0.1, -0.05) is 116 Å². The van der Waals surface area contributed by atoms with Gasteiger partial charge in [-0.2, -0.15) is 4.31 Å². The van der Waals surface area contributed by atoms with Gasteiger partial charge in [-0.3, -0.25) is 32.5 Å². The fourth-order valence-electron chi connectivity index (χ4n) is 7.05. The number of hydrogen-bond donors (Lipinski definition) is 10. The minimum absolute atomic E-state index is 0.0265. The Hall–Kier alpha value is -2.48. The molecule has 0 spiro atoms. The second-order valence-electron chi connectivity index (χ2n) is 17.2. The number of nitrogen functional groups attached to an aromatic ring is 1. The van der Waals surface area contributed by atoms with Crippen molar-refractivity contribution in [2.45, 2.75) is 160 Å². The van der Waals surface area contributed by atoms with Crippen molar-refractivity contribution in [2.75, 3.05) is 37.8 Å². The Morgan fingerprint density at radius 2 is 1.49 bits per heavy atom. The summed E-state index contributed by atoms with van der Waals surface area (Å²) < 4.78 is 62.4.